The van der Waals surface area contributed by atoms with Gasteiger partial charge in [-0.1, -0.05) is 36.4 Å². The average molecular weight is 216 g/mol. The zero-order valence-electron chi connectivity index (χ0n) is 9.95. The predicted octanol–water partition coefficient (Wildman–Crippen LogP) is 1.99. The first kappa shape index (κ1) is 11.4. The molecular formula is C14H20N2. The van der Waals surface area contributed by atoms with E-state index in [4.69, 9.17) is 0 Å². The van der Waals surface area contributed by atoms with Crippen molar-refractivity contribution in [2.75, 3.05) is 26.2 Å². The molecule has 2 rings (SSSR count). The summed E-state index contributed by atoms with van der Waals surface area (Å²) < 4.78 is 0. The Morgan fingerprint density at radius 2 is 2.19 bits per heavy atom. The lowest BCUT2D eigenvalue weighted by Gasteiger charge is -2.45. The van der Waals surface area contributed by atoms with E-state index in [1.54, 1.807) is 0 Å². The number of nitrogens with zero attached hydrogens (tertiary/aromatic N) is 1. The summed E-state index contributed by atoms with van der Waals surface area (Å²) >= 11 is 0. The van der Waals surface area contributed by atoms with Crippen LogP contribution < -0.4 is 5.32 Å². The molecule has 0 spiro atoms. The topological polar surface area (TPSA) is 15.3 Å². The van der Waals surface area contributed by atoms with E-state index < -0.39 is 0 Å². The van der Waals surface area contributed by atoms with E-state index in [2.05, 4.69) is 54.1 Å². The third-order valence-electron chi connectivity index (χ3n) is 3.47. The molecule has 1 N–H and O–H groups in total. The Kier molecular flexibility index (Phi) is 3.42. The Labute approximate surface area is 98.0 Å². The zero-order valence-corrected chi connectivity index (χ0v) is 9.95. The van der Waals surface area contributed by atoms with Gasteiger partial charge in [0.1, 0.15) is 0 Å². The fourth-order valence-electron chi connectivity index (χ4n) is 2.43. The summed E-state index contributed by atoms with van der Waals surface area (Å²) in [5.74, 6) is 0. The maximum Gasteiger partial charge on any atom is 0.0560 e. The number of hydrogen-bond acceptors (Lipinski definition) is 2. The van der Waals surface area contributed by atoms with E-state index in [0.717, 1.165) is 26.2 Å². The highest BCUT2D eigenvalue weighted by atomic mass is 15.2. The molecule has 1 aromatic carbocycles. The van der Waals surface area contributed by atoms with Crippen molar-refractivity contribution in [3.63, 3.8) is 0 Å². The average Bonchev–Trinajstić information content (AvgIpc) is 2.34. The van der Waals surface area contributed by atoms with Crippen molar-refractivity contribution in [1.29, 1.82) is 0 Å². The van der Waals surface area contributed by atoms with E-state index in [0.29, 0.717) is 0 Å². The Hall–Kier alpha value is -1.12. The van der Waals surface area contributed by atoms with Crippen molar-refractivity contribution >= 4 is 0 Å². The van der Waals surface area contributed by atoms with Gasteiger partial charge in [-0.05, 0) is 12.5 Å². The van der Waals surface area contributed by atoms with Crippen LogP contribution in [0.1, 0.15) is 12.5 Å². The Bertz CT molecular complexity index is 347. The molecule has 1 saturated heterocycles. The minimum absolute atomic E-state index is 0.0910. The smallest absolute Gasteiger partial charge is 0.0560 e. The van der Waals surface area contributed by atoms with Crippen molar-refractivity contribution in [1.82, 2.24) is 10.2 Å². The molecular weight excluding hydrogens is 196 g/mol. The normalized spacial score (nSPS) is 26.6. The van der Waals surface area contributed by atoms with E-state index >= 15 is 0 Å². The third-order valence-corrected chi connectivity index (χ3v) is 3.47. The summed E-state index contributed by atoms with van der Waals surface area (Å²) in [5, 5.41) is 3.49. The fourth-order valence-corrected chi connectivity index (χ4v) is 2.43. The van der Waals surface area contributed by atoms with Crippen LogP contribution in [0.3, 0.4) is 0 Å². The molecule has 1 aliphatic rings. The molecule has 0 aromatic heterocycles. The fraction of sp³-hybridized carbons (Fsp3) is 0.429. The first-order chi connectivity index (χ1) is 7.77. The number of nitrogens with one attached hydrogen (secondary N) is 1. The summed E-state index contributed by atoms with van der Waals surface area (Å²) in [7, 11) is 0. The Morgan fingerprint density at radius 3 is 2.88 bits per heavy atom. The second-order valence-corrected chi connectivity index (χ2v) is 4.55. The van der Waals surface area contributed by atoms with Crippen molar-refractivity contribution in [2.24, 2.45) is 0 Å². The van der Waals surface area contributed by atoms with Crippen LogP contribution in [0.5, 0.6) is 0 Å². The molecule has 1 unspecified atom stereocenters. The summed E-state index contributed by atoms with van der Waals surface area (Å²) in [6, 6.07) is 10.7. The van der Waals surface area contributed by atoms with Crippen LogP contribution in [0.4, 0.5) is 0 Å². The number of benzene rings is 1. The molecule has 1 fully saturated rings. The van der Waals surface area contributed by atoms with Crippen LogP contribution in [-0.4, -0.2) is 31.1 Å². The van der Waals surface area contributed by atoms with E-state index in [1.807, 2.05) is 6.08 Å². The minimum Gasteiger partial charge on any atom is -0.313 e. The van der Waals surface area contributed by atoms with Gasteiger partial charge in [0.15, 0.2) is 0 Å². The highest BCUT2D eigenvalue weighted by Crippen LogP contribution is 2.28. The first-order valence-electron chi connectivity index (χ1n) is 5.89. The van der Waals surface area contributed by atoms with Crippen LogP contribution >= 0.6 is 0 Å². The van der Waals surface area contributed by atoms with Crippen LogP contribution in [0.15, 0.2) is 43.0 Å². The molecule has 1 heterocycles. The van der Waals surface area contributed by atoms with Gasteiger partial charge in [0.05, 0.1) is 5.54 Å². The van der Waals surface area contributed by atoms with Gasteiger partial charge in [0, 0.05) is 26.2 Å². The maximum absolute atomic E-state index is 3.85. The van der Waals surface area contributed by atoms with Gasteiger partial charge in [-0.25, -0.2) is 0 Å². The molecule has 2 heteroatoms. The number of piperazine rings is 1. The van der Waals surface area contributed by atoms with Crippen molar-refractivity contribution in [3.8, 4) is 0 Å². The molecule has 0 bridgehead atoms. The second-order valence-electron chi connectivity index (χ2n) is 4.55. The molecule has 16 heavy (non-hydrogen) atoms. The molecule has 1 aliphatic heterocycles. The Balaban J connectivity index is 2.29. The van der Waals surface area contributed by atoms with Gasteiger partial charge in [-0.15, -0.1) is 6.58 Å². The van der Waals surface area contributed by atoms with E-state index in [-0.39, 0.29) is 5.54 Å². The molecule has 0 saturated carbocycles. The predicted molar refractivity (Wildman–Crippen MR) is 68.4 cm³/mol. The van der Waals surface area contributed by atoms with Crippen LogP contribution in [0.25, 0.3) is 0 Å². The van der Waals surface area contributed by atoms with Crippen LogP contribution in [0.2, 0.25) is 0 Å². The van der Waals surface area contributed by atoms with Gasteiger partial charge in [0.2, 0.25) is 0 Å². The molecule has 0 amide bonds. The molecule has 0 aliphatic carbocycles. The van der Waals surface area contributed by atoms with E-state index in [1.165, 1.54) is 5.56 Å². The summed E-state index contributed by atoms with van der Waals surface area (Å²) in [6.07, 6.45) is 1.99. The van der Waals surface area contributed by atoms with Crippen LogP contribution in [0, 0.1) is 0 Å². The number of hydrogen-bond donors (Lipinski definition) is 1. The highest BCUT2D eigenvalue weighted by Gasteiger charge is 2.34. The van der Waals surface area contributed by atoms with Gasteiger partial charge in [0.25, 0.3) is 0 Å². The molecule has 1 atom stereocenters. The van der Waals surface area contributed by atoms with Gasteiger partial charge in [-0.2, -0.15) is 0 Å². The first-order valence-corrected chi connectivity index (χ1v) is 5.89. The monoisotopic (exact) mass is 216 g/mol. The summed E-state index contributed by atoms with van der Waals surface area (Å²) in [4.78, 5) is 2.49. The van der Waals surface area contributed by atoms with Crippen LogP contribution in [-0.2, 0) is 5.54 Å². The van der Waals surface area contributed by atoms with Gasteiger partial charge < -0.3 is 5.32 Å². The summed E-state index contributed by atoms with van der Waals surface area (Å²) in [5.41, 5.74) is 1.47. The summed E-state index contributed by atoms with van der Waals surface area (Å²) in [6.45, 7) is 10.3. The molecule has 86 valence electrons. The number of rotatable bonds is 3. The molecule has 0 radical (unpaired) electrons. The third kappa shape index (κ3) is 2.04. The lowest BCUT2D eigenvalue weighted by atomic mass is 9.88. The van der Waals surface area contributed by atoms with Crippen molar-refractivity contribution in [3.05, 3.63) is 48.6 Å². The lowest BCUT2D eigenvalue weighted by molar-refractivity contribution is 0.0865. The van der Waals surface area contributed by atoms with Crippen molar-refractivity contribution < 1.29 is 0 Å². The van der Waals surface area contributed by atoms with Gasteiger partial charge in [-0.3, -0.25) is 4.90 Å². The van der Waals surface area contributed by atoms with E-state index in [9.17, 15) is 0 Å². The lowest BCUT2D eigenvalue weighted by Crippen LogP contribution is -2.57. The largest absolute Gasteiger partial charge is 0.313 e. The van der Waals surface area contributed by atoms with Crippen molar-refractivity contribution in [2.45, 2.75) is 12.5 Å². The van der Waals surface area contributed by atoms with Gasteiger partial charge >= 0.3 is 0 Å². The SMILES string of the molecule is C=CCN1CCNCC1(C)c1ccccc1. The second kappa shape index (κ2) is 4.81. The minimum atomic E-state index is 0.0910. The Morgan fingerprint density at radius 1 is 1.44 bits per heavy atom. The molecule has 2 nitrogen and oxygen atoms in total. The maximum atomic E-state index is 3.85. The highest BCUT2D eigenvalue weighted by molar-refractivity contribution is 5.25. The zero-order chi connectivity index (χ0) is 11.4. The quantitative estimate of drug-likeness (QED) is 0.777. The molecule has 1 aromatic rings. The standard InChI is InChI=1S/C14H20N2/c1-3-10-16-11-9-15-12-14(16,2)13-7-5-4-6-8-13/h3-8,15H,1,9-12H2,2H3.